The third kappa shape index (κ3) is 3.74. The summed E-state index contributed by atoms with van der Waals surface area (Å²) < 4.78 is 5.46. The van der Waals surface area contributed by atoms with Crippen LogP contribution in [0.15, 0.2) is 43.6 Å². The highest BCUT2D eigenvalue weighted by molar-refractivity contribution is 8.07. The van der Waals surface area contributed by atoms with Crippen LogP contribution in [0.2, 0.25) is 0 Å². The third-order valence-corrected chi connectivity index (χ3v) is 6.02. The van der Waals surface area contributed by atoms with E-state index < -0.39 is 47.7 Å². The van der Waals surface area contributed by atoms with Crippen molar-refractivity contribution in [1.29, 1.82) is 0 Å². The van der Waals surface area contributed by atoms with E-state index in [1.807, 2.05) is 0 Å². The number of ether oxygens (including phenoxy) is 1. The summed E-state index contributed by atoms with van der Waals surface area (Å²) in [5.74, 6) is -6.72. The summed E-state index contributed by atoms with van der Waals surface area (Å²) in [6.07, 6.45) is 4.91. The van der Waals surface area contributed by atoms with Crippen LogP contribution in [0.5, 0.6) is 0 Å². The number of amides is 3. The number of allylic oxidation sites excluding steroid dienone is 2. The minimum Gasteiger partial charge on any atom is -0.478 e. The maximum atomic E-state index is 12.7. The van der Waals surface area contributed by atoms with Crippen LogP contribution in [0.1, 0.15) is 6.42 Å². The fraction of sp³-hybridized carbons (Fsp3) is 0.278. The molecule has 0 aromatic heterocycles. The highest BCUT2D eigenvalue weighted by atomic mass is 32.2. The van der Waals surface area contributed by atoms with Crippen molar-refractivity contribution in [2.75, 3.05) is 6.54 Å². The zero-order valence-electron chi connectivity index (χ0n) is 15.5. The van der Waals surface area contributed by atoms with Crippen molar-refractivity contribution in [3.8, 4) is 0 Å². The number of nitrogens with zero attached hydrogens (tertiary/aromatic N) is 3. The maximum absolute atomic E-state index is 12.7. The lowest BCUT2D eigenvalue weighted by molar-refractivity contribution is -0.149. The molecule has 0 spiro atoms. The second-order valence-corrected chi connectivity index (χ2v) is 7.88. The molecule has 2 unspecified atom stereocenters. The Morgan fingerprint density at radius 1 is 1.23 bits per heavy atom. The number of carboxylic acids is 2. The lowest BCUT2D eigenvalue weighted by Crippen LogP contribution is -2.35. The molecule has 31 heavy (non-hydrogen) atoms. The molecule has 0 saturated carbocycles. The first-order valence-corrected chi connectivity index (χ1v) is 9.74. The van der Waals surface area contributed by atoms with Gasteiger partial charge < -0.3 is 20.3 Å². The van der Waals surface area contributed by atoms with Gasteiger partial charge >= 0.3 is 17.8 Å². The van der Waals surface area contributed by atoms with Crippen molar-refractivity contribution in [2.24, 2.45) is 21.8 Å². The number of carbonyl (C=O) groups is 5. The van der Waals surface area contributed by atoms with E-state index >= 15 is 0 Å². The van der Waals surface area contributed by atoms with Crippen molar-refractivity contribution in [3.05, 3.63) is 33.6 Å². The van der Waals surface area contributed by atoms with Crippen molar-refractivity contribution >= 4 is 53.9 Å². The van der Waals surface area contributed by atoms with Crippen molar-refractivity contribution in [2.45, 2.75) is 12.6 Å². The molecular formula is C18H14N4O8S. The Bertz CT molecular complexity index is 1060. The molecule has 0 aromatic carbocycles. The number of aliphatic imine (C=N–C) groups is 2. The van der Waals surface area contributed by atoms with Gasteiger partial charge in [0.25, 0.3) is 0 Å². The van der Waals surface area contributed by atoms with E-state index in [0.29, 0.717) is 4.91 Å². The van der Waals surface area contributed by atoms with E-state index in [1.165, 1.54) is 24.8 Å². The first-order chi connectivity index (χ1) is 14.8. The van der Waals surface area contributed by atoms with E-state index in [-0.39, 0.29) is 29.3 Å². The summed E-state index contributed by atoms with van der Waals surface area (Å²) in [6, 6.07) is 0. The minimum atomic E-state index is -1.76. The molecule has 0 radical (unpaired) electrons. The predicted octanol–water partition coefficient (Wildman–Crippen LogP) is -0.542. The number of likely N-dealkylation sites (tertiary alicyclic amines) is 1. The molecule has 4 aliphatic rings. The van der Waals surface area contributed by atoms with Gasteiger partial charge in [0.15, 0.2) is 6.17 Å². The molecule has 1 fully saturated rings. The molecule has 0 aliphatic carbocycles. The summed E-state index contributed by atoms with van der Waals surface area (Å²) in [4.78, 5) is 68.5. The summed E-state index contributed by atoms with van der Waals surface area (Å²) in [5, 5.41) is 20.2. The molecule has 13 heteroatoms. The number of rotatable bonds is 5. The first kappa shape index (κ1) is 20.5. The maximum Gasteiger partial charge on any atom is 0.394 e. The van der Waals surface area contributed by atoms with E-state index in [2.05, 4.69) is 15.3 Å². The van der Waals surface area contributed by atoms with Gasteiger partial charge in [0, 0.05) is 29.7 Å². The van der Waals surface area contributed by atoms with E-state index in [9.17, 15) is 29.1 Å². The monoisotopic (exact) mass is 446 g/mol. The van der Waals surface area contributed by atoms with Gasteiger partial charge in [0.05, 0.1) is 23.1 Å². The highest BCUT2D eigenvalue weighted by Gasteiger charge is 2.44. The normalized spacial score (nSPS) is 24.8. The van der Waals surface area contributed by atoms with Gasteiger partial charge in [-0.2, -0.15) is 0 Å². The molecule has 1 saturated heterocycles. The van der Waals surface area contributed by atoms with Gasteiger partial charge in [-0.05, 0) is 6.08 Å². The number of fused-ring (bicyclic) bond motifs is 1. The Labute approximate surface area is 178 Å². The number of aliphatic carboxylic acids is 2. The SMILES string of the molecule is O=C(O)C(=O)NC1=C(C(=O)O)C2C=C(CN3C(=O)CC(C4N=CC=N4)C3=O)OC=C2S1. The van der Waals surface area contributed by atoms with Gasteiger partial charge in [-0.25, -0.2) is 9.59 Å². The Balaban J connectivity index is 1.53. The molecule has 4 rings (SSSR count). The Kier molecular flexibility index (Phi) is 5.19. The van der Waals surface area contributed by atoms with Gasteiger partial charge in [-0.1, -0.05) is 11.8 Å². The van der Waals surface area contributed by atoms with Gasteiger partial charge in [-0.15, -0.1) is 0 Å². The minimum absolute atomic E-state index is 0.0442. The van der Waals surface area contributed by atoms with Crippen LogP contribution >= 0.6 is 11.8 Å². The van der Waals surface area contributed by atoms with Crippen LogP contribution in [-0.4, -0.2) is 69.9 Å². The van der Waals surface area contributed by atoms with E-state index in [4.69, 9.17) is 9.84 Å². The van der Waals surface area contributed by atoms with E-state index in [0.717, 1.165) is 16.7 Å². The molecule has 3 amide bonds. The third-order valence-electron chi connectivity index (χ3n) is 4.91. The summed E-state index contributed by atoms with van der Waals surface area (Å²) in [5.41, 5.74) is -0.238. The van der Waals surface area contributed by atoms with Crippen LogP contribution in [0.4, 0.5) is 0 Å². The lowest BCUT2D eigenvalue weighted by atomic mass is 9.97. The molecule has 4 aliphatic heterocycles. The van der Waals surface area contributed by atoms with Crippen LogP contribution < -0.4 is 5.32 Å². The van der Waals surface area contributed by atoms with Gasteiger partial charge in [0.1, 0.15) is 12.0 Å². The second-order valence-electron chi connectivity index (χ2n) is 6.80. The quantitative estimate of drug-likeness (QED) is 0.370. The Morgan fingerprint density at radius 3 is 2.58 bits per heavy atom. The average Bonchev–Trinajstić information content (AvgIpc) is 3.41. The van der Waals surface area contributed by atoms with E-state index in [1.54, 1.807) is 0 Å². The smallest absolute Gasteiger partial charge is 0.394 e. The first-order valence-electron chi connectivity index (χ1n) is 8.92. The summed E-state index contributed by atoms with van der Waals surface area (Å²) >= 11 is 0.856. The van der Waals surface area contributed by atoms with Crippen molar-refractivity contribution in [3.63, 3.8) is 0 Å². The fourth-order valence-corrected chi connectivity index (χ4v) is 4.59. The summed E-state index contributed by atoms with van der Waals surface area (Å²) in [7, 11) is 0. The molecule has 3 N–H and O–H groups in total. The summed E-state index contributed by atoms with van der Waals surface area (Å²) in [6.45, 7) is -0.205. The number of nitrogens with one attached hydrogen (secondary N) is 1. The van der Waals surface area contributed by atoms with Gasteiger partial charge in [0.2, 0.25) is 11.8 Å². The number of hydrogen-bond donors (Lipinski definition) is 3. The highest BCUT2D eigenvalue weighted by Crippen LogP contribution is 2.47. The largest absolute Gasteiger partial charge is 0.478 e. The molecular weight excluding hydrogens is 432 g/mol. The molecule has 12 nitrogen and oxygen atoms in total. The molecule has 0 bridgehead atoms. The van der Waals surface area contributed by atoms with Crippen LogP contribution in [0.25, 0.3) is 0 Å². The standard InChI is InChI=1S/C18H14N4O8S/c23-11-4-9(13-19-1-2-20-13)16(25)22(11)5-7-3-8-10(6-30-7)31-15(12(8)17(26)27)21-14(24)18(28)29/h1-3,6,8-9,13H,4-5H2,(H,21,24)(H,26,27)(H,28,29). The second kappa shape index (κ2) is 7.83. The lowest BCUT2D eigenvalue weighted by Gasteiger charge is -2.22. The molecule has 0 aromatic rings. The molecule has 4 heterocycles. The zero-order valence-corrected chi connectivity index (χ0v) is 16.4. The Morgan fingerprint density at radius 2 is 1.94 bits per heavy atom. The fourth-order valence-electron chi connectivity index (χ4n) is 3.47. The van der Waals surface area contributed by atoms with Crippen LogP contribution in [0.3, 0.4) is 0 Å². The van der Waals surface area contributed by atoms with Crippen molar-refractivity contribution < 1.29 is 38.9 Å². The average molecular weight is 446 g/mol. The number of imide groups is 1. The number of thioether (sulfide) groups is 1. The van der Waals surface area contributed by atoms with Crippen LogP contribution in [-0.2, 0) is 28.7 Å². The Hall–Kier alpha value is -3.74. The van der Waals surface area contributed by atoms with Gasteiger partial charge in [-0.3, -0.25) is 29.3 Å². The molecule has 2 atom stereocenters. The zero-order chi connectivity index (χ0) is 22.3. The van der Waals surface area contributed by atoms with Crippen LogP contribution in [0, 0.1) is 11.8 Å². The molecule has 160 valence electrons. The number of hydrogen-bond acceptors (Lipinski definition) is 9. The predicted molar refractivity (Wildman–Crippen MR) is 104 cm³/mol. The number of carbonyl (C=O) groups excluding carboxylic acids is 3. The topological polar surface area (TPSA) is 175 Å². The number of carboxylic acid groups (broad SMARTS) is 2. The van der Waals surface area contributed by atoms with Crippen molar-refractivity contribution in [1.82, 2.24) is 10.2 Å².